The molecule has 0 aliphatic carbocycles. The molecule has 0 saturated heterocycles. The van der Waals surface area contributed by atoms with Crippen molar-refractivity contribution in [1.29, 1.82) is 0 Å². The summed E-state index contributed by atoms with van der Waals surface area (Å²) in [5, 5.41) is 8.56. The van der Waals surface area contributed by atoms with Gasteiger partial charge in [-0.1, -0.05) is 86.6 Å². The van der Waals surface area contributed by atoms with Gasteiger partial charge >= 0.3 is 0 Å². The van der Waals surface area contributed by atoms with Gasteiger partial charge in [0.1, 0.15) is 24.4 Å². The number of likely N-dealkylation sites (N-methyl/N-ethyl adjacent to an activating group) is 1. The molecular weight excluding hydrogens is 568 g/mol. The molecule has 0 spiro atoms. The summed E-state index contributed by atoms with van der Waals surface area (Å²) in [6.07, 6.45) is 0.727. The average Bonchev–Trinajstić information content (AvgIpc) is 3.04. The van der Waals surface area contributed by atoms with E-state index in [1.165, 1.54) is 0 Å². The van der Waals surface area contributed by atoms with Gasteiger partial charge in [-0.15, -0.1) is 0 Å². The van der Waals surface area contributed by atoms with Crippen LogP contribution in [-0.4, -0.2) is 66.9 Å². The van der Waals surface area contributed by atoms with Gasteiger partial charge in [0.15, 0.2) is 0 Å². The van der Waals surface area contributed by atoms with Crippen LogP contribution in [0.15, 0.2) is 84.9 Å². The Morgan fingerprint density at radius 1 is 0.911 bits per heavy atom. The lowest BCUT2D eigenvalue weighted by Gasteiger charge is -2.29. The molecule has 0 unspecified atom stereocenters. The highest BCUT2D eigenvalue weighted by molar-refractivity contribution is 6.01. The zero-order chi connectivity index (χ0) is 32.2. The topological polar surface area (TPSA) is 117 Å². The third-order valence-electron chi connectivity index (χ3n) is 7.93. The molecule has 2 atom stereocenters. The lowest BCUT2D eigenvalue weighted by molar-refractivity contribution is -0.137. The first kappa shape index (κ1) is 33.2. The van der Waals surface area contributed by atoms with E-state index in [0.717, 1.165) is 11.1 Å². The summed E-state index contributed by atoms with van der Waals surface area (Å²) >= 11 is 0. The predicted octanol–water partition coefficient (Wildman–Crippen LogP) is 4.29. The Hall–Kier alpha value is -4.66. The van der Waals surface area contributed by atoms with E-state index in [2.05, 4.69) is 40.2 Å². The molecule has 1 aliphatic rings. The van der Waals surface area contributed by atoms with Gasteiger partial charge in [0.05, 0.1) is 18.5 Å². The molecule has 9 nitrogen and oxygen atoms in total. The summed E-state index contributed by atoms with van der Waals surface area (Å²) in [5.41, 5.74) is 2.50. The number of benzene rings is 3. The second kappa shape index (κ2) is 16.4. The Morgan fingerprint density at radius 3 is 2.16 bits per heavy atom. The standard InChI is InChI=1S/C36H44N4O5/c1-4-40-21-22-45-32-18-12-11-17-29(32)34(42)39-30(24-33(41)38-31(36(40)44)23-25(2)3)35(43)37-20-19-28(26-13-7-5-8-14-26)27-15-9-6-10-16-27/h5-18,25,28,30-31H,4,19-24H2,1-3H3,(H,37,43)(H,38,41)(H,39,42)/t30-,31-/m0/s1. The van der Waals surface area contributed by atoms with Crippen molar-refractivity contribution >= 4 is 23.6 Å². The van der Waals surface area contributed by atoms with Crippen molar-refractivity contribution in [1.82, 2.24) is 20.9 Å². The third kappa shape index (κ3) is 9.41. The molecule has 3 N–H and O–H groups in total. The number of nitrogens with one attached hydrogen (secondary N) is 3. The summed E-state index contributed by atoms with van der Waals surface area (Å²) in [7, 11) is 0. The maximum atomic E-state index is 13.6. The van der Waals surface area contributed by atoms with Crippen molar-refractivity contribution in [2.24, 2.45) is 5.92 Å². The summed E-state index contributed by atoms with van der Waals surface area (Å²) in [6.45, 7) is 7.06. The highest BCUT2D eigenvalue weighted by atomic mass is 16.5. The molecule has 0 fully saturated rings. The molecule has 4 rings (SSSR count). The van der Waals surface area contributed by atoms with Crippen molar-refractivity contribution < 1.29 is 23.9 Å². The van der Waals surface area contributed by atoms with Crippen LogP contribution < -0.4 is 20.7 Å². The Kier molecular flexibility index (Phi) is 12.1. The van der Waals surface area contributed by atoms with Gasteiger partial charge in [-0.05, 0) is 48.9 Å². The molecule has 1 heterocycles. The summed E-state index contributed by atoms with van der Waals surface area (Å²) in [6, 6.07) is 25.0. The molecule has 1 aliphatic heterocycles. The van der Waals surface area contributed by atoms with Gasteiger partial charge in [0, 0.05) is 19.0 Å². The smallest absolute Gasteiger partial charge is 0.255 e. The molecular formula is C36H44N4O5. The molecule has 4 amide bonds. The number of carbonyl (C=O) groups excluding carboxylic acids is 4. The van der Waals surface area contributed by atoms with Crippen molar-refractivity contribution in [3.63, 3.8) is 0 Å². The van der Waals surface area contributed by atoms with Gasteiger partial charge in [-0.3, -0.25) is 19.2 Å². The van der Waals surface area contributed by atoms with Crippen LogP contribution in [0.4, 0.5) is 0 Å². The van der Waals surface area contributed by atoms with Crippen molar-refractivity contribution in [3.8, 4) is 5.75 Å². The number of ether oxygens (including phenoxy) is 1. The summed E-state index contributed by atoms with van der Waals surface area (Å²) in [4.78, 5) is 55.6. The number of rotatable bonds is 9. The molecule has 0 aromatic heterocycles. The molecule has 3 aromatic carbocycles. The number of para-hydroxylation sites is 1. The van der Waals surface area contributed by atoms with Crippen LogP contribution in [-0.2, 0) is 14.4 Å². The van der Waals surface area contributed by atoms with Gasteiger partial charge in [0.2, 0.25) is 17.7 Å². The molecule has 0 radical (unpaired) electrons. The average molecular weight is 613 g/mol. The van der Waals surface area contributed by atoms with Gasteiger partial charge in [-0.25, -0.2) is 0 Å². The quantitative estimate of drug-likeness (QED) is 0.334. The number of carbonyl (C=O) groups is 4. The second-order valence-corrected chi connectivity index (χ2v) is 11.7. The fraction of sp³-hybridized carbons (Fsp3) is 0.389. The van der Waals surface area contributed by atoms with Gasteiger partial charge in [0.25, 0.3) is 5.91 Å². The van der Waals surface area contributed by atoms with E-state index in [1.807, 2.05) is 57.2 Å². The zero-order valence-corrected chi connectivity index (χ0v) is 26.3. The lowest BCUT2D eigenvalue weighted by atomic mass is 9.88. The molecule has 238 valence electrons. The first-order valence-corrected chi connectivity index (χ1v) is 15.7. The van der Waals surface area contributed by atoms with E-state index in [4.69, 9.17) is 4.74 Å². The van der Waals surface area contributed by atoms with Crippen LogP contribution in [0.1, 0.15) is 67.4 Å². The van der Waals surface area contributed by atoms with Crippen molar-refractivity contribution in [2.75, 3.05) is 26.2 Å². The lowest BCUT2D eigenvalue weighted by Crippen LogP contribution is -2.53. The SMILES string of the molecule is CCN1CCOc2ccccc2C(=O)N[C@H](C(=O)NCCC(c2ccccc2)c2ccccc2)CC(=O)N[C@@H](CC(C)C)C1=O. The number of hydrogen-bond acceptors (Lipinski definition) is 5. The van der Waals surface area contributed by atoms with Crippen LogP contribution in [0.5, 0.6) is 5.75 Å². The van der Waals surface area contributed by atoms with Gasteiger partial charge < -0.3 is 25.6 Å². The highest BCUT2D eigenvalue weighted by Gasteiger charge is 2.31. The maximum Gasteiger partial charge on any atom is 0.255 e. The van der Waals surface area contributed by atoms with Gasteiger partial charge in [-0.2, -0.15) is 0 Å². The Balaban J connectivity index is 1.55. The zero-order valence-electron chi connectivity index (χ0n) is 26.3. The van der Waals surface area contributed by atoms with Crippen LogP contribution in [0.3, 0.4) is 0 Å². The fourth-order valence-corrected chi connectivity index (χ4v) is 5.63. The molecule has 0 saturated carbocycles. The largest absolute Gasteiger partial charge is 0.491 e. The monoisotopic (exact) mass is 612 g/mol. The molecule has 45 heavy (non-hydrogen) atoms. The minimum Gasteiger partial charge on any atom is -0.491 e. The minimum absolute atomic E-state index is 0.0444. The van der Waals surface area contributed by atoms with E-state index < -0.39 is 29.8 Å². The fourth-order valence-electron chi connectivity index (χ4n) is 5.63. The first-order valence-electron chi connectivity index (χ1n) is 15.7. The second-order valence-electron chi connectivity index (χ2n) is 11.7. The Labute approximate surface area is 265 Å². The summed E-state index contributed by atoms with van der Waals surface area (Å²) in [5.74, 6) is -1.17. The van der Waals surface area contributed by atoms with E-state index >= 15 is 0 Å². The van der Waals surface area contributed by atoms with Crippen LogP contribution in [0.25, 0.3) is 0 Å². The molecule has 3 aromatic rings. The van der Waals surface area contributed by atoms with E-state index in [1.54, 1.807) is 29.2 Å². The van der Waals surface area contributed by atoms with Crippen LogP contribution >= 0.6 is 0 Å². The van der Waals surface area contributed by atoms with Crippen LogP contribution in [0, 0.1) is 5.92 Å². The normalized spacial score (nSPS) is 18.0. The van der Waals surface area contributed by atoms with E-state index in [-0.39, 0.29) is 36.3 Å². The van der Waals surface area contributed by atoms with E-state index in [9.17, 15) is 19.2 Å². The predicted molar refractivity (Wildman–Crippen MR) is 174 cm³/mol. The minimum atomic E-state index is -1.17. The number of nitrogens with zero attached hydrogens (tertiary/aromatic N) is 1. The van der Waals surface area contributed by atoms with Crippen molar-refractivity contribution in [3.05, 3.63) is 102 Å². The molecule has 9 heteroatoms. The number of fused-ring (bicyclic) bond motifs is 1. The van der Waals surface area contributed by atoms with Crippen LogP contribution in [0.2, 0.25) is 0 Å². The third-order valence-corrected chi connectivity index (χ3v) is 7.93. The Bertz CT molecular complexity index is 1390. The van der Waals surface area contributed by atoms with Crippen molar-refractivity contribution in [2.45, 2.75) is 58.0 Å². The molecule has 0 bridgehead atoms. The number of hydrogen-bond donors (Lipinski definition) is 3. The number of amides is 4. The first-order chi connectivity index (χ1) is 21.8. The Morgan fingerprint density at radius 2 is 1.53 bits per heavy atom. The summed E-state index contributed by atoms with van der Waals surface area (Å²) < 4.78 is 5.95. The highest BCUT2D eigenvalue weighted by Crippen LogP contribution is 2.27. The maximum absolute atomic E-state index is 13.6. The van der Waals surface area contributed by atoms with E-state index in [0.29, 0.717) is 38.2 Å².